The first kappa shape index (κ1) is 9.92. The Hall–Kier alpha value is -1.62. The highest BCUT2D eigenvalue weighted by Gasteiger charge is 2.11. The standard InChI is InChI=1S/C10H10N2O2S/c1-7-9(6-12-14-7)10(13)11-5-8-3-2-4-15-8/h2-4,6H,5H2,1H3,(H,11,13). The van der Waals surface area contributed by atoms with Crippen LogP contribution in [0.4, 0.5) is 0 Å². The summed E-state index contributed by atoms with van der Waals surface area (Å²) in [5.74, 6) is 0.390. The summed E-state index contributed by atoms with van der Waals surface area (Å²) in [5, 5.41) is 8.33. The third kappa shape index (κ3) is 2.24. The molecule has 0 fully saturated rings. The van der Waals surface area contributed by atoms with Gasteiger partial charge in [-0.05, 0) is 18.4 Å². The number of aromatic nitrogens is 1. The van der Waals surface area contributed by atoms with Crippen LogP contribution in [-0.4, -0.2) is 11.1 Å². The van der Waals surface area contributed by atoms with E-state index in [2.05, 4.69) is 10.5 Å². The molecule has 78 valence electrons. The molecule has 0 aliphatic rings. The summed E-state index contributed by atoms with van der Waals surface area (Å²) in [7, 11) is 0. The van der Waals surface area contributed by atoms with Gasteiger partial charge in [-0.2, -0.15) is 0 Å². The second kappa shape index (κ2) is 4.27. The largest absolute Gasteiger partial charge is 0.361 e. The molecule has 4 nitrogen and oxygen atoms in total. The van der Waals surface area contributed by atoms with Crippen LogP contribution in [0.15, 0.2) is 28.2 Å². The Morgan fingerprint density at radius 1 is 1.67 bits per heavy atom. The van der Waals surface area contributed by atoms with Crippen LogP contribution in [0.3, 0.4) is 0 Å². The Bertz CT molecular complexity index is 448. The second-order valence-corrected chi connectivity index (χ2v) is 4.09. The molecule has 0 aliphatic carbocycles. The van der Waals surface area contributed by atoms with Crippen LogP contribution in [0.1, 0.15) is 21.0 Å². The van der Waals surface area contributed by atoms with Gasteiger partial charge >= 0.3 is 0 Å². The number of aryl methyl sites for hydroxylation is 1. The smallest absolute Gasteiger partial charge is 0.256 e. The minimum absolute atomic E-state index is 0.151. The lowest BCUT2D eigenvalue weighted by Gasteiger charge is -2.00. The lowest BCUT2D eigenvalue weighted by atomic mass is 10.2. The lowest BCUT2D eigenvalue weighted by molar-refractivity contribution is 0.0950. The van der Waals surface area contributed by atoms with Gasteiger partial charge < -0.3 is 9.84 Å². The molecule has 1 amide bonds. The van der Waals surface area contributed by atoms with Crippen molar-refractivity contribution in [3.8, 4) is 0 Å². The summed E-state index contributed by atoms with van der Waals surface area (Å²) in [5.41, 5.74) is 0.492. The fourth-order valence-corrected chi connectivity index (χ4v) is 1.84. The maximum atomic E-state index is 11.6. The third-order valence-corrected chi connectivity index (χ3v) is 2.88. The van der Waals surface area contributed by atoms with E-state index < -0.39 is 0 Å². The van der Waals surface area contributed by atoms with Crippen LogP contribution < -0.4 is 5.32 Å². The van der Waals surface area contributed by atoms with Gasteiger partial charge in [-0.25, -0.2) is 0 Å². The van der Waals surface area contributed by atoms with E-state index in [1.165, 1.54) is 6.20 Å². The highest BCUT2D eigenvalue weighted by molar-refractivity contribution is 7.09. The first-order valence-electron chi connectivity index (χ1n) is 4.49. The van der Waals surface area contributed by atoms with E-state index in [9.17, 15) is 4.79 Å². The minimum atomic E-state index is -0.151. The van der Waals surface area contributed by atoms with Crippen molar-refractivity contribution in [2.45, 2.75) is 13.5 Å². The molecule has 0 saturated heterocycles. The molecule has 1 N–H and O–H groups in total. The topological polar surface area (TPSA) is 55.1 Å². The van der Waals surface area contributed by atoms with Gasteiger partial charge in [-0.15, -0.1) is 11.3 Å². The molecule has 2 aromatic rings. The van der Waals surface area contributed by atoms with E-state index >= 15 is 0 Å². The van der Waals surface area contributed by atoms with Gasteiger partial charge in [0.1, 0.15) is 11.3 Å². The Balaban J connectivity index is 1.96. The average molecular weight is 222 g/mol. The summed E-state index contributed by atoms with van der Waals surface area (Å²) in [4.78, 5) is 12.7. The Kier molecular flexibility index (Phi) is 2.82. The number of carbonyl (C=O) groups excluding carboxylic acids is 1. The van der Waals surface area contributed by atoms with Crippen molar-refractivity contribution in [2.24, 2.45) is 0 Å². The quantitative estimate of drug-likeness (QED) is 0.863. The fourth-order valence-electron chi connectivity index (χ4n) is 1.19. The highest BCUT2D eigenvalue weighted by atomic mass is 32.1. The van der Waals surface area contributed by atoms with Crippen LogP contribution in [0.25, 0.3) is 0 Å². The van der Waals surface area contributed by atoms with Gasteiger partial charge in [0.25, 0.3) is 5.91 Å². The van der Waals surface area contributed by atoms with Gasteiger partial charge in [0.2, 0.25) is 0 Å². The van der Waals surface area contributed by atoms with Gasteiger partial charge in [-0.1, -0.05) is 11.2 Å². The van der Waals surface area contributed by atoms with Crippen LogP contribution in [0.2, 0.25) is 0 Å². The summed E-state index contributed by atoms with van der Waals surface area (Å²) in [6.45, 7) is 2.26. The van der Waals surface area contributed by atoms with Gasteiger partial charge in [0, 0.05) is 4.88 Å². The predicted molar refractivity (Wildman–Crippen MR) is 56.7 cm³/mol. The average Bonchev–Trinajstić information content (AvgIpc) is 2.84. The maximum absolute atomic E-state index is 11.6. The normalized spacial score (nSPS) is 10.2. The molecular weight excluding hydrogens is 212 g/mol. The number of hydrogen-bond donors (Lipinski definition) is 1. The summed E-state index contributed by atoms with van der Waals surface area (Å²) < 4.78 is 4.81. The summed E-state index contributed by atoms with van der Waals surface area (Å²) in [6.07, 6.45) is 1.43. The van der Waals surface area contributed by atoms with Crippen molar-refractivity contribution in [1.82, 2.24) is 10.5 Å². The minimum Gasteiger partial charge on any atom is -0.361 e. The Labute approximate surface area is 90.9 Å². The molecule has 0 aromatic carbocycles. The third-order valence-electron chi connectivity index (χ3n) is 2.00. The van der Waals surface area contributed by atoms with E-state index in [4.69, 9.17) is 4.52 Å². The molecule has 2 aromatic heterocycles. The van der Waals surface area contributed by atoms with Gasteiger partial charge in [0.05, 0.1) is 12.7 Å². The number of thiophene rings is 1. The molecule has 0 radical (unpaired) electrons. The molecule has 0 atom stereocenters. The number of nitrogens with zero attached hydrogens (tertiary/aromatic N) is 1. The van der Waals surface area contributed by atoms with Crippen molar-refractivity contribution in [1.29, 1.82) is 0 Å². The van der Waals surface area contributed by atoms with E-state index in [1.54, 1.807) is 18.3 Å². The number of nitrogens with one attached hydrogen (secondary N) is 1. The van der Waals surface area contributed by atoms with Crippen LogP contribution in [0, 0.1) is 6.92 Å². The first-order valence-corrected chi connectivity index (χ1v) is 5.37. The van der Waals surface area contributed by atoms with Crippen LogP contribution >= 0.6 is 11.3 Å². The number of rotatable bonds is 3. The van der Waals surface area contributed by atoms with Gasteiger partial charge in [-0.3, -0.25) is 4.79 Å². The number of amides is 1. The molecular formula is C10H10N2O2S. The molecule has 0 saturated carbocycles. The first-order chi connectivity index (χ1) is 7.27. The molecule has 0 aliphatic heterocycles. The van der Waals surface area contributed by atoms with E-state index in [1.807, 2.05) is 17.5 Å². The van der Waals surface area contributed by atoms with Crippen molar-refractivity contribution < 1.29 is 9.32 Å². The summed E-state index contributed by atoms with van der Waals surface area (Å²) in [6, 6.07) is 3.93. The van der Waals surface area contributed by atoms with Crippen LogP contribution in [0.5, 0.6) is 0 Å². The molecule has 0 bridgehead atoms. The van der Waals surface area contributed by atoms with E-state index in [-0.39, 0.29) is 5.91 Å². The highest BCUT2D eigenvalue weighted by Crippen LogP contribution is 2.09. The van der Waals surface area contributed by atoms with E-state index in [0.717, 1.165) is 4.88 Å². The predicted octanol–water partition coefficient (Wildman–Crippen LogP) is 1.97. The molecule has 2 rings (SSSR count). The lowest BCUT2D eigenvalue weighted by Crippen LogP contribution is -2.22. The zero-order valence-corrected chi connectivity index (χ0v) is 9.00. The zero-order chi connectivity index (χ0) is 10.7. The number of carbonyl (C=O) groups is 1. The van der Waals surface area contributed by atoms with E-state index in [0.29, 0.717) is 17.9 Å². The summed E-state index contributed by atoms with van der Waals surface area (Å²) >= 11 is 1.61. The monoisotopic (exact) mass is 222 g/mol. The maximum Gasteiger partial charge on any atom is 0.256 e. The molecule has 0 unspecified atom stereocenters. The molecule has 2 heterocycles. The van der Waals surface area contributed by atoms with Crippen molar-refractivity contribution in [2.75, 3.05) is 0 Å². The second-order valence-electron chi connectivity index (χ2n) is 3.06. The van der Waals surface area contributed by atoms with Crippen LogP contribution in [-0.2, 0) is 6.54 Å². The van der Waals surface area contributed by atoms with Crippen molar-refractivity contribution in [3.05, 3.63) is 39.9 Å². The fraction of sp³-hybridized carbons (Fsp3) is 0.200. The number of hydrogen-bond acceptors (Lipinski definition) is 4. The molecule has 0 spiro atoms. The van der Waals surface area contributed by atoms with Gasteiger partial charge in [0.15, 0.2) is 0 Å². The SMILES string of the molecule is Cc1oncc1C(=O)NCc1cccs1. The molecule has 15 heavy (non-hydrogen) atoms. The molecule has 5 heteroatoms. The zero-order valence-electron chi connectivity index (χ0n) is 8.19. The van der Waals surface area contributed by atoms with Crippen molar-refractivity contribution in [3.63, 3.8) is 0 Å². The Morgan fingerprint density at radius 2 is 2.53 bits per heavy atom. The Morgan fingerprint density at radius 3 is 3.13 bits per heavy atom. The van der Waals surface area contributed by atoms with Crippen molar-refractivity contribution >= 4 is 17.2 Å².